The first-order valence-corrected chi connectivity index (χ1v) is 12.8. The van der Waals surface area contributed by atoms with Gasteiger partial charge in [0.15, 0.2) is 0 Å². The maximum atomic E-state index is 13.6. The number of nitrogens with zero attached hydrogens (tertiary/aromatic N) is 1. The first kappa shape index (κ1) is 26.1. The molecule has 0 aliphatic heterocycles. The quantitative estimate of drug-likeness (QED) is 0.325. The number of hydrogen-bond donors (Lipinski definition) is 1. The zero-order valence-electron chi connectivity index (χ0n) is 19.2. The van der Waals surface area contributed by atoms with Crippen molar-refractivity contribution in [3.05, 3.63) is 100 Å². The molecule has 0 bridgehead atoms. The van der Waals surface area contributed by atoms with Gasteiger partial charge in [-0.05, 0) is 49.2 Å². The van der Waals surface area contributed by atoms with E-state index in [1.54, 1.807) is 23.1 Å². The van der Waals surface area contributed by atoms with Gasteiger partial charge in [0.2, 0.25) is 11.8 Å². The predicted octanol–water partition coefficient (Wildman–Crippen LogP) is 6.25. The Morgan fingerprint density at radius 1 is 0.941 bits per heavy atom. The summed E-state index contributed by atoms with van der Waals surface area (Å²) in [6.07, 6.45) is 0.395. The summed E-state index contributed by atoms with van der Waals surface area (Å²) >= 11 is 14.0. The molecule has 178 valence electrons. The average molecular weight is 516 g/mol. The molecule has 3 rings (SSSR count). The van der Waals surface area contributed by atoms with Crippen LogP contribution in [-0.4, -0.2) is 34.6 Å². The van der Waals surface area contributed by atoms with Crippen LogP contribution in [0.1, 0.15) is 25.0 Å². The van der Waals surface area contributed by atoms with Gasteiger partial charge in [0.05, 0.1) is 5.75 Å². The summed E-state index contributed by atoms with van der Waals surface area (Å²) in [6.45, 7) is 4.02. The second kappa shape index (κ2) is 12.8. The molecule has 7 heteroatoms. The number of carbonyl (C=O) groups is 2. The van der Waals surface area contributed by atoms with E-state index in [1.165, 1.54) is 11.8 Å². The number of halogens is 2. The van der Waals surface area contributed by atoms with Gasteiger partial charge >= 0.3 is 0 Å². The van der Waals surface area contributed by atoms with E-state index in [2.05, 4.69) is 5.32 Å². The Morgan fingerprint density at radius 3 is 2.21 bits per heavy atom. The van der Waals surface area contributed by atoms with Crippen molar-refractivity contribution in [3.8, 4) is 0 Å². The molecule has 0 unspecified atom stereocenters. The van der Waals surface area contributed by atoms with Gasteiger partial charge in [-0.25, -0.2) is 0 Å². The lowest BCUT2D eigenvalue weighted by atomic mass is 10.0. The minimum atomic E-state index is -0.694. The highest BCUT2D eigenvalue weighted by Crippen LogP contribution is 2.25. The molecule has 1 atom stereocenters. The molecule has 1 N–H and O–H groups in total. The van der Waals surface area contributed by atoms with Crippen molar-refractivity contribution in [1.82, 2.24) is 10.2 Å². The van der Waals surface area contributed by atoms with E-state index in [-0.39, 0.29) is 30.2 Å². The molecule has 34 heavy (non-hydrogen) atoms. The summed E-state index contributed by atoms with van der Waals surface area (Å²) in [5.74, 6) is -0.128. The van der Waals surface area contributed by atoms with E-state index in [1.807, 2.05) is 74.5 Å². The molecule has 0 aliphatic carbocycles. The van der Waals surface area contributed by atoms with Crippen LogP contribution in [0.3, 0.4) is 0 Å². The van der Waals surface area contributed by atoms with Crippen LogP contribution in [0.15, 0.2) is 83.8 Å². The molecule has 0 aromatic heterocycles. The molecule has 0 saturated carbocycles. The number of rotatable bonds is 10. The van der Waals surface area contributed by atoms with Crippen LogP contribution in [0.2, 0.25) is 10.0 Å². The van der Waals surface area contributed by atoms with Crippen molar-refractivity contribution in [2.75, 3.05) is 5.75 Å². The third-order valence-electron chi connectivity index (χ3n) is 5.16. The van der Waals surface area contributed by atoms with Crippen molar-refractivity contribution < 1.29 is 9.59 Å². The van der Waals surface area contributed by atoms with Crippen molar-refractivity contribution in [2.24, 2.45) is 0 Å². The third kappa shape index (κ3) is 7.79. The van der Waals surface area contributed by atoms with E-state index in [9.17, 15) is 9.59 Å². The molecule has 0 aliphatic rings. The SMILES string of the molecule is CC(C)NC(=O)[C@H](Cc1ccccc1)N(Cc1ccc(Cl)cc1Cl)C(=O)CSc1ccccc1. The summed E-state index contributed by atoms with van der Waals surface area (Å²) < 4.78 is 0. The number of hydrogen-bond acceptors (Lipinski definition) is 3. The van der Waals surface area contributed by atoms with Gasteiger partial charge in [0.25, 0.3) is 0 Å². The van der Waals surface area contributed by atoms with Gasteiger partial charge in [-0.15, -0.1) is 11.8 Å². The molecule has 0 heterocycles. The van der Waals surface area contributed by atoms with Crippen molar-refractivity contribution >= 4 is 46.8 Å². The highest BCUT2D eigenvalue weighted by Gasteiger charge is 2.31. The van der Waals surface area contributed by atoms with Crippen LogP contribution in [0.5, 0.6) is 0 Å². The van der Waals surface area contributed by atoms with Gasteiger partial charge in [-0.3, -0.25) is 9.59 Å². The molecular weight excluding hydrogens is 487 g/mol. The summed E-state index contributed by atoms with van der Waals surface area (Å²) in [4.78, 5) is 29.5. The zero-order chi connectivity index (χ0) is 24.5. The molecular formula is C27H28Cl2N2O2S. The van der Waals surface area contributed by atoms with E-state index in [0.29, 0.717) is 16.5 Å². The molecule has 4 nitrogen and oxygen atoms in total. The predicted molar refractivity (Wildman–Crippen MR) is 141 cm³/mol. The maximum Gasteiger partial charge on any atom is 0.243 e. The van der Waals surface area contributed by atoms with Gasteiger partial charge < -0.3 is 10.2 Å². The highest BCUT2D eigenvalue weighted by molar-refractivity contribution is 8.00. The van der Waals surface area contributed by atoms with E-state index in [0.717, 1.165) is 16.0 Å². The van der Waals surface area contributed by atoms with Gasteiger partial charge in [-0.1, -0.05) is 77.8 Å². The lowest BCUT2D eigenvalue weighted by Gasteiger charge is -2.32. The molecule has 3 aromatic carbocycles. The Kier molecular flexibility index (Phi) is 9.87. The van der Waals surface area contributed by atoms with Crippen LogP contribution in [0.25, 0.3) is 0 Å². The molecule has 0 saturated heterocycles. The molecule has 0 fully saturated rings. The molecule has 2 amide bonds. The third-order valence-corrected chi connectivity index (χ3v) is 6.75. The summed E-state index contributed by atoms with van der Waals surface area (Å²) in [6, 6.07) is 23.9. The second-order valence-corrected chi connectivity index (χ2v) is 10.1. The molecule has 0 spiro atoms. The number of nitrogens with one attached hydrogen (secondary N) is 1. The summed E-state index contributed by atoms with van der Waals surface area (Å²) in [5.41, 5.74) is 1.71. The highest BCUT2D eigenvalue weighted by atomic mass is 35.5. The Labute approximate surface area is 215 Å². The van der Waals surface area contributed by atoms with Gasteiger partial charge in [0.1, 0.15) is 6.04 Å². The summed E-state index contributed by atoms with van der Waals surface area (Å²) in [7, 11) is 0. The zero-order valence-corrected chi connectivity index (χ0v) is 21.5. The van der Waals surface area contributed by atoms with Crippen LogP contribution >= 0.6 is 35.0 Å². The van der Waals surface area contributed by atoms with Crippen LogP contribution in [0.4, 0.5) is 0 Å². The van der Waals surface area contributed by atoms with Crippen molar-refractivity contribution in [1.29, 1.82) is 0 Å². The van der Waals surface area contributed by atoms with E-state index < -0.39 is 6.04 Å². The second-order valence-electron chi connectivity index (χ2n) is 8.23. The topological polar surface area (TPSA) is 49.4 Å². The average Bonchev–Trinajstić information content (AvgIpc) is 2.82. The van der Waals surface area contributed by atoms with Crippen molar-refractivity contribution in [3.63, 3.8) is 0 Å². The maximum absolute atomic E-state index is 13.6. The minimum Gasteiger partial charge on any atom is -0.352 e. The van der Waals surface area contributed by atoms with Crippen LogP contribution < -0.4 is 5.32 Å². The fraction of sp³-hybridized carbons (Fsp3) is 0.259. The first-order chi connectivity index (χ1) is 16.3. The monoisotopic (exact) mass is 514 g/mol. The first-order valence-electron chi connectivity index (χ1n) is 11.1. The number of carbonyl (C=O) groups excluding carboxylic acids is 2. The van der Waals surface area contributed by atoms with E-state index in [4.69, 9.17) is 23.2 Å². The standard InChI is InChI=1S/C27H28Cl2N2O2S/c1-19(2)30-27(33)25(15-20-9-5-3-6-10-20)31(17-21-13-14-22(28)16-24(21)29)26(32)18-34-23-11-7-4-8-12-23/h3-14,16,19,25H,15,17-18H2,1-2H3,(H,30,33)/t25-/m0/s1. The van der Waals surface area contributed by atoms with Crippen molar-refractivity contribution in [2.45, 2.75) is 43.8 Å². The molecule has 0 radical (unpaired) electrons. The van der Waals surface area contributed by atoms with Gasteiger partial charge in [0, 0.05) is 33.9 Å². The Bertz CT molecular complexity index is 1090. The normalized spacial score (nSPS) is 11.8. The Balaban J connectivity index is 1.93. The van der Waals surface area contributed by atoms with Crippen LogP contribution in [0, 0.1) is 0 Å². The van der Waals surface area contributed by atoms with Gasteiger partial charge in [-0.2, -0.15) is 0 Å². The fourth-order valence-electron chi connectivity index (χ4n) is 3.51. The lowest BCUT2D eigenvalue weighted by molar-refractivity contribution is -0.139. The number of benzene rings is 3. The number of thioether (sulfide) groups is 1. The molecule has 3 aromatic rings. The Hall–Kier alpha value is -2.47. The Morgan fingerprint density at radius 2 is 1.59 bits per heavy atom. The van der Waals surface area contributed by atoms with Crippen LogP contribution in [-0.2, 0) is 22.6 Å². The number of amides is 2. The minimum absolute atomic E-state index is 0.0551. The van der Waals surface area contributed by atoms with E-state index >= 15 is 0 Å². The lowest BCUT2D eigenvalue weighted by Crippen LogP contribution is -2.52. The smallest absolute Gasteiger partial charge is 0.243 e. The summed E-state index contributed by atoms with van der Waals surface area (Å²) in [5, 5.41) is 3.97. The largest absolute Gasteiger partial charge is 0.352 e. The fourth-order valence-corrected chi connectivity index (χ4v) is 4.79.